The largest absolute Gasteiger partial charge is 0.507 e. The molecule has 0 amide bonds. The van der Waals surface area contributed by atoms with Gasteiger partial charge in [0.1, 0.15) is 34.9 Å². The maximum Gasteiger partial charge on any atom is 0.305 e. The number of phenols is 5. The first-order valence-electron chi connectivity index (χ1n) is 43.6. The number of piperidine rings is 3. The van der Waals surface area contributed by atoms with Crippen LogP contribution in [0.2, 0.25) is 0 Å². The van der Waals surface area contributed by atoms with Crippen LogP contribution in [0.4, 0.5) is 0 Å². The lowest BCUT2D eigenvalue weighted by atomic mass is 9.78. The van der Waals surface area contributed by atoms with Crippen molar-refractivity contribution in [1.82, 2.24) is 15.5 Å². The topological polar surface area (TPSA) is 182 Å². The number of methoxy groups -OCH3 is 2. The molecule has 0 aromatic heterocycles. The second-order valence-corrected chi connectivity index (χ2v) is 43.3. The predicted molar refractivity (Wildman–Crippen MR) is 499 cm³/mol. The number of aromatic hydroxyl groups is 5. The molecule has 7 N–H and O–H groups in total. The Hall–Kier alpha value is -5.32. The second-order valence-electron chi connectivity index (χ2n) is 42.8. The van der Waals surface area contributed by atoms with E-state index in [9.17, 15) is 30.3 Å². The minimum Gasteiger partial charge on any atom is -0.507 e. The molecule has 116 heavy (non-hydrogen) atoms. The molecule has 0 radical (unpaired) electrons. The van der Waals surface area contributed by atoms with Gasteiger partial charge in [0.05, 0.1) is 25.4 Å². The van der Waals surface area contributed by atoms with E-state index >= 15 is 0 Å². The molecule has 3 saturated heterocycles. The zero-order valence-electron chi connectivity index (χ0n) is 81.4. The van der Waals surface area contributed by atoms with E-state index in [0.29, 0.717) is 67.0 Å². The van der Waals surface area contributed by atoms with Crippen molar-refractivity contribution in [3.05, 3.63) is 144 Å². The van der Waals surface area contributed by atoms with Crippen LogP contribution in [0, 0.1) is 59.3 Å². The third-order valence-electron chi connectivity index (χ3n) is 23.6. The van der Waals surface area contributed by atoms with Crippen LogP contribution < -0.4 is 10.6 Å². The summed E-state index contributed by atoms with van der Waals surface area (Å²) in [7, 11) is 5.84. The standard InChI is InChI=1S/C23H32O2.C20H26O2.C18H30O2S.C12H23NO2.C11H23NO.C10H21NO.C8H18/c1-14-9-16(20(24)18(11-14)22(3,4)5)13-17-10-15(2)12-19(21(17)25)23(6,7)8;1-11(2)18(16-9-12(3)7-14(5)19(16)21)17-10-13(4)8-15(6)20(17)22;1-17(2,3)14-11-13(7-8-20-9-10-21)12-15(16(14)19)18(4,5)6;1-6-10(14)15-9-7-11(2,3)13-12(4,5)8-9;1-10(2)7-9(13-6)8-11(3,4)12(10)5;1-9(2)6-8(12-5)7-10(3,4)11-9;1-5-7(3)8(4)6-2/h9-12,24-25H,13H2,1-8H3;7-11,18,21-22H,1-6H3;11-12,19,21H,7-10H2,1-6H3;9,13H,6-8H2,1-5H3;9H,7-8H2,1-6H3;8,11H,6-7H2,1-5H3;7-8H,5-6H2,1-4H3. The van der Waals surface area contributed by atoms with Gasteiger partial charge in [-0.2, -0.15) is 12.6 Å². The van der Waals surface area contributed by atoms with E-state index in [1.54, 1.807) is 0 Å². The molecule has 3 aliphatic rings. The Kier molecular flexibility index (Phi) is 40.4. The summed E-state index contributed by atoms with van der Waals surface area (Å²) in [5, 5.41) is 60.6. The number of rotatable bonds is 17. The van der Waals surface area contributed by atoms with Gasteiger partial charge < -0.3 is 55.1 Å². The summed E-state index contributed by atoms with van der Waals surface area (Å²) >= 11 is 4.14. The average molecular weight is 1630 g/mol. The summed E-state index contributed by atoms with van der Waals surface area (Å²) in [6.45, 7) is 80.8. The maximum absolute atomic E-state index is 11.3. The molecule has 3 heterocycles. The monoisotopic (exact) mass is 1630 g/mol. The lowest BCUT2D eigenvalue weighted by Crippen LogP contribution is -2.60. The average Bonchev–Trinajstić information content (AvgIpc) is 0.784. The molecule has 8 rings (SSSR count). The van der Waals surface area contributed by atoms with Crippen molar-refractivity contribution in [1.29, 1.82) is 0 Å². The number of esters is 1. The Morgan fingerprint density at radius 3 is 1.09 bits per heavy atom. The van der Waals surface area contributed by atoms with E-state index in [4.69, 9.17) is 18.9 Å². The number of nitrogens with zero attached hydrogens (tertiary/aromatic N) is 1. The van der Waals surface area contributed by atoms with Crippen molar-refractivity contribution in [2.75, 3.05) is 40.2 Å². The van der Waals surface area contributed by atoms with Gasteiger partial charge in [0.15, 0.2) is 0 Å². The van der Waals surface area contributed by atoms with Gasteiger partial charge in [0.2, 0.25) is 0 Å². The van der Waals surface area contributed by atoms with Gasteiger partial charge in [0.25, 0.3) is 0 Å². The van der Waals surface area contributed by atoms with Gasteiger partial charge in [-0.1, -0.05) is 227 Å². The summed E-state index contributed by atoms with van der Waals surface area (Å²) in [5.41, 5.74) is 15.5. The number of aryl methyl sites for hydroxylation is 6. The van der Waals surface area contributed by atoms with E-state index in [1.807, 2.05) is 85.2 Å². The van der Waals surface area contributed by atoms with Crippen LogP contribution in [0.15, 0.2) is 60.7 Å². The van der Waals surface area contributed by atoms with Gasteiger partial charge in [0, 0.05) is 95.9 Å². The highest BCUT2D eigenvalue weighted by Gasteiger charge is 2.44. The van der Waals surface area contributed by atoms with Crippen molar-refractivity contribution in [3.63, 3.8) is 0 Å². The SMILES string of the molecule is CC(C)(C)c1cc(CCOCCS)cc(C(C)(C)C)c1O.CCC(=O)OC1CC(C)(C)NC(C)(C)C1.CCC(C)C(C)CC.COC1CC(C)(C)N(C)C(C)(C)C1.COC1CC(C)(C)NC(C)(C)C1.Cc1cc(C)c(O)c(C(c2cc(C)cc(C)c2O)C(C)C)c1.Cc1cc(Cc2cc(C)cc(C(C)(C)C)c2O)c(O)c(C(C)(C)C)c1. The molecule has 5 aromatic carbocycles. The van der Waals surface area contributed by atoms with Gasteiger partial charge in [-0.3, -0.25) is 9.69 Å². The van der Waals surface area contributed by atoms with Crippen LogP contribution in [0.3, 0.4) is 0 Å². The molecule has 0 saturated carbocycles. The molecule has 5 aromatic rings. The summed E-state index contributed by atoms with van der Waals surface area (Å²) < 4.78 is 21.9. The molecule has 14 heteroatoms. The highest BCUT2D eigenvalue weighted by Crippen LogP contribution is 2.46. The van der Waals surface area contributed by atoms with E-state index in [2.05, 4.69) is 281 Å². The van der Waals surface area contributed by atoms with Gasteiger partial charge in [-0.25, -0.2) is 0 Å². The van der Waals surface area contributed by atoms with Crippen molar-refractivity contribution in [2.45, 2.75) is 406 Å². The van der Waals surface area contributed by atoms with Crippen molar-refractivity contribution in [2.24, 2.45) is 17.8 Å². The number of likely N-dealkylation sites (tertiary alicyclic amines) is 1. The van der Waals surface area contributed by atoms with E-state index < -0.39 is 0 Å². The molecule has 662 valence electrons. The number of nitrogens with one attached hydrogen (secondary N) is 2. The summed E-state index contributed by atoms with van der Waals surface area (Å²) in [5.74, 6) is 4.52. The van der Waals surface area contributed by atoms with Gasteiger partial charge in [-0.05, 0) is 253 Å². The zero-order chi connectivity index (χ0) is 90.0. The number of hydrogen-bond donors (Lipinski definition) is 8. The lowest BCUT2D eigenvalue weighted by molar-refractivity contribution is -0.152. The van der Waals surface area contributed by atoms with Crippen molar-refractivity contribution in [3.8, 4) is 28.7 Å². The number of carbonyl (C=O) groups excluding carboxylic acids is 1. The highest BCUT2D eigenvalue weighted by atomic mass is 32.1. The number of thiol groups is 1. The summed E-state index contributed by atoms with van der Waals surface area (Å²) in [6.07, 6.45) is 11.6. The van der Waals surface area contributed by atoms with Crippen LogP contribution in [-0.2, 0) is 58.2 Å². The molecule has 0 bridgehead atoms. The van der Waals surface area contributed by atoms with Crippen LogP contribution in [0.25, 0.3) is 0 Å². The predicted octanol–water partition coefficient (Wildman–Crippen LogP) is 25.0. The van der Waals surface area contributed by atoms with E-state index in [0.717, 1.165) is 140 Å². The second kappa shape index (κ2) is 44.0. The molecule has 3 fully saturated rings. The summed E-state index contributed by atoms with van der Waals surface area (Å²) in [6, 6.07) is 20.4. The Morgan fingerprint density at radius 1 is 0.466 bits per heavy atom. The Labute approximate surface area is 716 Å². The van der Waals surface area contributed by atoms with Crippen LogP contribution >= 0.6 is 12.6 Å². The Bertz CT molecular complexity index is 3650. The molecule has 13 nitrogen and oxygen atoms in total. The summed E-state index contributed by atoms with van der Waals surface area (Å²) in [4.78, 5) is 13.7. The van der Waals surface area contributed by atoms with Crippen molar-refractivity contribution >= 4 is 18.6 Å². The fourth-order valence-electron chi connectivity index (χ4n) is 17.2. The minimum atomic E-state index is -0.129. The Balaban J connectivity index is 0.000000470. The highest BCUT2D eigenvalue weighted by molar-refractivity contribution is 7.80. The molecular formula is C102H173N3O10S. The lowest BCUT2D eigenvalue weighted by Gasteiger charge is -2.53. The van der Waals surface area contributed by atoms with E-state index in [1.165, 1.54) is 18.4 Å². The maximum atomic E-state index is 11.3. The first kappa shape index (κ1) is 107. The Morgan fingerprint density at radius 2 is 0.784 bits per heavy atom. The fraction of sp³-hybridized carbons (Fsp3) is 0.696. The molecule has 0 aliphatic carbocycles. The quantitative estimate of drug-likeness (QED) is 0.0250. The number of benzene rings is 5. The normalized spacial score (nSPS) is 17.9. The van der Waals surface area contributed by atoms with E-state index in [-0.39, 0.29) is 78.8 Å². The fourth-order valence-corrected chi connectivity index (χ4v) is 17.4. The molecule has 2 atom stereocenters. The zero-order valence-corrected chi connectivity index (χ0v) is 82.3. The number of carbonyl (C=O) groups is 1. The van der Waals surface area contributed by atoms with Crippen LogP contribution in [-0.4, -0.2) is 128 Å². The van der Waals surface area contributed by atoms with Crippen LogP contribution in [0.1, 0.15) is 362 Å². The minimum absolute atomic E-state index is 0.0304. The third-order valence-corrected chi connectivity index (χ3v) is 23.8. The molecule has 2 unspecified atom stereocenters. The third kappa shape index (κ3) is 33.9. The molecular weight excluding hydrogens is 1460 g/mol. The van der Waals surface area contributed by atoms with Crippen LogP contribution in [0.5, 0.6) is 28.7 Å². The first-order valence-corrected chi connectivity index (χ1v) is 44.2. The number of ether oxygens (including phenoxy) is 4. The van der Waals surface area contributed by atoms with Crippen molar-refractivity contribution < 1.29 is 49.3 Å². The van der Waals surface area contributed by atoms with Gasteiger partial charge >= 0.3 is 5.97 Å². The number of phenolic OH excluding ortho intramolecular Hbond substituents is 5. The smallest absolute Gasteiger partial charge is 0.305 e. The number of hydrogen-bond acceptors (Lipinski definition) is 14. The molecule has 3 aliphatic heterocycles. The van der Waals surface area contributed by atoms with Gasteiger partial charge in [-0.15, -0.1) is 0 Å². The first-order chi connectivity index (χ1) is 52.7. The molecule has 0 spiro atoms.